The number of aromatic nitrogens is 7. The quantitative estimate of drug-likeness (QED) is 0.490. The molecular formula is C22H19F3N8O. The Balaban J connectivity index is 1.58. The lowest BCUT2D eigenvalue weighted by Crippen LogP contribution is -2.28. The van der Waals surface area contributed by atoms with Crippen LogP contribution in [0.4, 0.5) is 13.2 Å². The van der Waals surface area contributed by atoms with E-state index in [0.717, 1.165) is 30.8 Å². The lowest BCUT2D eigenvalue weighted by molar-refractivity contribution is -0.141. The van der Waals surface area contributed by atoms with Crippen molar-refractivity contribution >= 4 is 11.0 Å². The van der Waals surface area contributed by atoms with Gasteiger partial charge in [-0.3, -0.25) is 14.5 Å². The summed E-state index contributed by atoms with van der Waals surface area (Å²) in [5.74, 6) is 0.583. The molecule has 4 aromatic heterocycles. The Morgan fingerprint density at radius 3 is 2.56 bits per heavy atom. The molecule has 0 bridgehead atoms. The van der Waals surface area contributed by atoms with Gasteiger partial charge < -0.3 is 4.98 Å². The maximum Gasteiger partial charge on any atom is 0.433 e. The molecule has 4 aromatic rings. The number of nitrogens with zero attached hydrogens (tertiary/aromatic N) is 7. The number of aryl methyl sites for hydroxylation is 1. The lowest BCUT2D eigenvalue weighted by Gasteiger charge is -2.35. The third kappa shape index (κ3) is 3.44. The Hall–Kier alpha value is -4.01. The second kappa shape index (κ2) is 7.79. The van der Waals surface area contributed by atoms with Gasteiger partial charge in [0.25, 0.3) is 5.56 Å². The van der Waals surface area contributed by atoms with Gasteiger partial charge in [-0.1, -0.05) is 6.07 Å². The van der Waals surface area contributed by atoms with Crippen LogP contribution in [0.25, 0.3) is 11.0 Å². The maximum absolute atomic E-state index is 13.0. The van der Waals surface area contributed by atoms with E-state index in [1.165, 1.54) is 10.7 Å². The summed E-state index contributed by atoms with van der Waals surface area (Å²) in [4.78, 5) is 24.0. The van der Waals surface area contributed by atoms with Gasteiger partial charge in [0.05, 0.1) is 6.04 Å². The van der Waals surface area contributed by atoms with Crippen molar-refractivity contribution < 1.29 is 13.2 Å². The first kappa shape index (κ1) is 21.8. The van der Waals surface area contributed by atoms with Gasteiger partial charge in [-0.2, -0.15) is 28.6 Å². The molecule has 1 aliphatic rings. The molecule has 1 saturated carbocycles. The molecule has 0 spiro atoms. The average Bonchev–Trinajstić information content (AvgIpc) is 3.36. The summed E-state index contributed by atoms with van der Waals surface area (Å²) in [6, 6.07) is 5.43. The molecule has 0 radical (unpaired) electrons. The molecule has 0 aromatic carbocycles. The van der Waals surface area contributed by atoms with Crippen LogP contribution in [-0.4, -0.2) is 34.5 Å². The Morgan fingerprint density at radius 1 is 1.24 bits per heavy atom. The molecule has 0 unspecified atom stereocenters. The van der Waals surface area contributed by atoms with E-state index >= 15 is 0 Å². The summed E-state index contributed by atoms with van der Waals surface area (Å²) in [5, 5.41) is 18.1. The normalized spacial score (nSPS) is 19.1. The van der Waals surface area contributed by atoms with Gasteiger partial charge in [0.2, 0.25) is 0 Å². The fourth-order valence-corrected chi connectivity index (χ4v) is 4.48. The molecule has 1 N–H and O–H groups in total. The Labute approximate surface area is 190 Å². The summed E-state index contributed by atoms with van der Waals surface area (Å²) >= 11 is 0. The SMILES string of the molecule is C[C@H](c1ccc(C(F)(F)F)nc1)n1nc(C#N)c2c(=O)[nH]c([C@H]3CC[C@@H]3c3ccnn3C)nc21. The summed E-state index contributed by atoms with van der Waals surface area (Å²) in [6.07, 6.45) is 0.0267. The number of alkyl halides is 3. The molecule has 9 nitrogen and oxygen atoms in total. The molecular weight excluding hydrogens is 449 g/mol. The summed E-state index contributed by atoms with van der Waals surface area (Å²) in [6.45, 7) is 1.70. The highest BCUT2D eigenvalue weighted by molar-refractivity contribution is 5.80. The van der Waals surface area contributed by atoms with E-state index in [4.69, 9.17) is 0 Å². The minimum atomic E-state index is -4.55. The Bertz CT molecular complexity index is 1480. The molecule has 1 aliphatic carbocycles. The molecule has 0 saturated heterocycles. The first-order valence-corrected chi connectivity index (χ1v) is 10.6. The molecule has 174 valence electrons. The average molecular weight is 468 g/mol. The van der Waals surface area contributed by atoms with E-state index in [0.29, 0.717) is 11.4 Å². The molecule has 0 amide bonds. The second-order valence-corrected chi connectivity index (χ2v) is 8.38. The van der Waals surface area contributed by atoms with Crippen molar-refractivity contribution in [3.8, 4) is 6.07 Å². The van der Waals surface area contributed by atoms with E-state index in [-0.39, 0.29) is 28.6 Å². The predicted molar refractivity (Wildman–Crippen MR) is 114 cm³/mol. The van der Waals surface area contributed by atoms with Crippen LogP contribution in [0.1, 0.15) is 66.1 Å². The number of hydrogen-bond donors (Lipinski definition) is 1. The maximum atomic E-state index is 13.0. The summed E-state index contributed by atoms with van der Waals surface area (Å²) < 4.78 is 41.9. The van der Waals surface area contributed by atoms with Gasteiger partial charge in [-0.05, 0) is 37.5 Å². The third-order valence-corrected chi connectivity index (χ3v) is 6.48. The number of nitrogens with one attached hydrogen (secondary N) is 1. The minimum Gasteiger partial charge on any atom is -0.310 e. The molecule has 12 heteroatoms. The van der Waals surface area contributed by atoms with Gasteiger partial charge in [0, 0.05) is 37.0 Å². The number of H-pyrrole nitrogens is 1. The van der Waals surface area contributed by atoms with Crippen molar-refractivity contribution in [3.05, 3.63) is 69.4 Å². The van der Waals surface area contributed by atoms with E-state index < -0.39 is 23.5 Å². The Morgan fingerprint density at radius 2 is 2.00 bits per heavy atom. The number of hydrogen-bond acceptors (Lipinski definition) is 6. The first-order chi connectivity index (χ1) is 16.2. The highest BCUT2D eigenvalue weighted by Crippen LogP contribution is 2.47. The van der Waals surface area contributed by atoms with Crippen LogP contribution in [0.3, 0.4) is 0 Å². The van der Waals surface area contributed by atoms with Crippen LogP contribution in [0.15, 0.2) is 35.4 Å². The highest BCUT2D eigenvalue weighted by Gasteiger charge is 2.38. The Kier molecular flexibility index (Phi) is 5.00. The lowest BCUT2D eigenvalue weighted by atomic mass is 9.71. The van der Waals surface area contributed by atoms with Crippen LogP contribution in [0, 0.1) is 11.3 Å². The van der Waals surface area contributed by atoms with Crippen molar-refractivity contribution in [1.29, 1.82) is 5.26 Å². The smallest absolute Gasteiger partial charge is 0.310 e. The molecule has 4 heterocycles. The number of fused-ring (bicyclic) bond motifs is 1. The monoisotopic (exact) mass is 468 g/mol. The number of aromatic amines is 1. The van der Waals surface area contributed by atoms with E-state index in [1.54, 1.807) is 17.8 Å². The van der Waals surface area contributed by atoms with Crippen LogP contribution >= 0.6 is 0 Å². The van der Waals surface area contributed by atoms with Crippen LogP contribution in [0.2, 0.25) is 0 Å². The van der Waals surface area contributed by atoms with Crippen LogP contribution in [0.5, 0.6) is 0 Å². The number of nitriles is 1. The zero-order valence-corrected chi connectivity index (χ0v) is 18.2. The van der Waals surface area contributed by atoms with Gasteiger partial charge >= 0.3 is 6.18 Å². The second-order valence-electron chi connectivity index (χ2n) is 8.38. The molecule has 0 aliphatic heterocycles. The van der Waals surface area contributed by atoms with Gasteiger partial charge in [0.15, 0.2) is 11.3 Å². The largest absolute Gasteiger partial charge is 0.433 e. The standard InChI is InChI=1S/C22H19F3N8O/c1-11(12-3-6-17(27-10-12)22(23,24)25)33-20-18(15(9-26)31-33)21(34)30-19(29-20)14-5-4-13(14)16-7-8-28-32(16)2/h3,6-8,10-11,13-14H,4-5H2,1-2H3,(H,29,30,34)/t11-,13+,14+/m1/s1. The third-order valence-electron chi connectivity index (χ3n) is 6.48. The number of halogens is 3. The predicted octanol–water partition coefficient (Wildman–Crippen LogP) is 3.41. The molecule has 5 rings (SSSR count). The van der Waals surface area contributed by atoms with Crippen molar-refractivity contribution in [2.24, 2.45) is 7.05 Å². The van der Waals surface area contributed by atoms with E-state index in [1.807, 2.05) is 19.2 Å². The summed E-state index contributed by atoms with van der Waals surface area (Å²) in [7, 11) is 1.86. The van der Waals surface area contributed by atoms with E-state index in [2.05, 4.69) is 25.1 Å². The summed E-state index contributed by atoms with van der Waals surface area (Å²) in [5.41, 5.74) is 0.0965. The minimum absolute atomic E-state index is 0.0376. The zero-order chi connectivity index (χ0) is 24.2. The zero-order valence-electron chi connectivity index (χ0n) is 18.2. The van der Waals surface area contributed by atoms with Crippen molar-refractivity contribution in [2.75, 3.05) is 0 Å². The van der Waals surface area contributed by atoms with Crippen molar-refractivity contribution in [3.63, 3.8) is 0 Å². The van der Waals surface area contributed by atoms with Crippen molar-refractivity contribution in [1.82, 2.24) is 34.5 Å². The highest BCUT2D eigenvalue weighted by atomic mass is 19.4. The molecule has 3 atom stereocenters. The number of rotatable bonds is 4. The first-order valence-electron chi connectivity index (χ1n) is 10.6. The van der Waals surface area contributed by atoms with Gasteiger partial charge in [-0.15, -0.1) is 0 Å². The molecule has 1 fully saturated rings. The van der Waals surface area contributed by atoms with E-state index in [9.17, 15) is 23.2 Å². The van der Waals surface area contributed by atoms with Crippen LogP contribution in [-0.2, 0) is 13.2 Å². The number of pyridine rings is 1. The fraction of sp³-hybridized carbons (Fsp3) is 0.364. The van der Waals surface area contributed by atoms with Gasteiger partial charge in [0.1, 0.15) is 23.0 Å². The van der Waals surface area contributed by atoms with Crippen LogP contribution < -0.4 is 5.56 Å². The fourth-order valence-electron chi connectivity index (χ4n) is 4.48. The van der Waals surface area contributed by atoms with Gasteiger partial charge in [-0.25, -0.2) is 9.67 Å². The molecule has 34 heavy (non-hydrogen) atoms. The van der Waals surface area contributed by atoms with Crippen molar-refractivity contribution in [2.45, 2.75) is 43.8 Å². The topological polar surface area (TPSA) is 118 Å².